The van der Waals surface area contributed by atoms with E-state index in [1.165, 1.54) is 0 Å². The molecule has 1 saturated heterocycles. The van der Waals surface area contributed by atoms with Crippen LogP contribution in [0.2, 0.25) is 0 Å². The molecule has 1 N–H and O–H groups in total. The van der Waals surface area contributed by atoms with Crippen LogP contribution in [0.3, 0.4) is 0 Å². The predicted molar refractivity (Wildman–Crippen MR) is 90.4 cm³/mol. The topological polar surface area (TPSA) is 71.5 Å². The number of hydrogen-bond donors (Lipinski definition) is 1. The standard InChI is InChI=1S/C17H19N3O3S/c21-16-12-23-11-14(20(16)10-13-4-2-1-3-5-13)17(22)19-7-6-15-18-8-9-24-15/h1-5,8-9,14H,6-7,10-12H2,(H,19,22)/t14-/m0/s1. The molecular formula is C17H19N3O3S. The quantitative estimate of drug-likeness (QED) is 0.855. The summed E-state index contributed by atoms with van der Waals surface area (Å²) in [4.78, 5) is 30.4. The second kappa shape index (κ2) is 8.03. The van der Waals surface area contributed by atoms with Crippen LogP contribution >= 0.6 is 11.3 Å². The molecule has 24 heavy (non-hydrogen) atoms. The number of nitrogens with one attached hydrogen (secondary N) is 1. The van der Waals surface area contributed by atoms with Crippen LogP contribution in [0.5, 0.6) is 0 Å². The molecule has 2 aromatic rings. The zero-order chi connectivity index (χ0) is 16.8. The molecular weight excluding hydrogens is 326 g/mol. The number of aromatic nitrogens is 1. The van der Waals surface area contributed by atoms with Gasteiger partial charge in [0.15, 0.2) is 0 Å². The zero-order valence-corrected chi connectivity index (χ0v) is 14.0. The molecule has 1 atom stereocenters. The number of morpholine rings is 1. The number of hydrogen-bond acceptors (Lipinski definition) is 5. The number of rotatable bonds is 6. The molecule has 126 valence electrons. The van der Waals surface area contributed by atoms with Gasteiger partial charge in [-0.1, -0.05) is 30.3 Å². The summed E-state index contributed by atoms with van der Waals surface area (Å²) in [6, 6.07) is 9.06. The van der Waals surface area contributed by atoms with Gasteiger partial charge in [-0.05, 0) is 5.56 Å². The third-order valence-corrected chi connectivity index (χ3v) is 4.66. The van der Waals surface area contributed by atoms with Gasteiger partial charge in [0.05, 0.1) is 11.6 Å². The number of carbonyl (C=O) groups is 2. The molecule has 0 radical (unpaired) electrons. The summed E-state index contributed by atoms with van der Waals surface area (Å²) in [5, 5.41) is 5.77. The minimum absolute atomic E-state index is 0.0235. The predicted octanol–water partition coefficient (Wildman–Crippen LogP) is 1.23. The summed E-state index contributed by atoms with van der Waals surface area (Å²) >= 11 is 1.56. The van der Waals surface area contributed by atoms with Gasteiger partial charge in [0.1, 0.15) is 12.6 Å². The summed E-state index contributed by atoms with van der Waals surface area (Å²) in [5.41, 5.74) is 0.994. The molecule has 0 unspecified atom stereocenters. The van der Waals surface area contributed by atoms with Crippen molar-refractivity contribution >= 4 is 23.2 Å². The number of benzene rings is 1. The summed E-state index contributed by atoms with van der Waals surface area (Å²) in [5.74, 6) is -0.347. The Bertz CT molecular complexity index is 676. The average Bonchev–Trinajstić information content (AvgIpc) is 3.11. The Labute approximate surface area is 144 Å². The van der Waals surface area contributed by atoms with E-state index in [1.54, 1.807) is 22.4 Å². The van der Waals surface area contributed by atoms with Gasteiger partial charge in [-0.15, -0.1) is 11.3 Å². The second-order valence-corrected chi connectivity index (χ2v) is 6.48. The lowest BCUT2D eigenvalue weighted by atomic mass is 10.1. The van der Waals surface area contributed by atoms with Crippen molar-refractivity contribution in [3.63, 3.8) is 0 Å². The zero-order valence-electron chi connectivity index (χ0n) is 13.2. The smallest absolute Gasteiger partial charge is 0.249 e. The number of carbonyl (C=O) groups excluding carboxylic acids is 2. The third kappa shape index (κ3) is 4.18. The highest BCUT2D eigenvalue weighted by atomic mass is 32.1. The Hall–Kier alpha value is -2.25. The van der Waals surface area contributed by atoms with Gasteiger partial charge in [0.25, 0.3) is 0 Å². The molecule has 1 aliphatic heterocycles. The van der Waals surface area contributed by atoms with E-state index >= 15 is 0 Å². The Morgan fingerprint density at radius 1 is 1.38 bits per heavy atom. The maximum Gasteiger partial charge on any atom is 0.249 e. The maximum atomic E-state index is 12.5. The van der Waals surface area contributed by atoms with Crippen molar-refractivity contribution in [2.75, 3.05) is 19.8 Å². The molecule has 1 aromatic carbocycles. The van der Waals surface area contributed by atoms with Crippen LogP contribution in [0, 0.1) is 0 Å². The lowest BCUT2D eigenvalue weighted by Gasteiger charge is -2.34. The number of nitrogens with zero attached hydrogens (tertiary/aromatic N) is 2. The number of ether oxygens (including phenoxy) is 1. The summed E-state index contributed by atoms with van der Waals surface area (Å²) in [6.45, 7) is 1.15. The Kier molecular flexibility index (Phi) is 5.55. The summed E-state index contributed by atoms with van der Waals surface area (Å²) in [7, 11) is 0. The van der Waals surface area contributed by atoms with Gasteiger partial charge in [0, 0.05) is 31.1 Å². The fourth-order valence-corrected chi connectivity index (χ4v) is 3.21. The summed E-state index contributed by atoms with van der Waals surface area (Å²) < 4.78 is 5.27. The first kappa shape index (κ1) is 16.6. The third-order valence-electron chi connectivity index (χ3n) is 3.82. The van der Waals surface area contributed by atoms with E-state index in [2.05, 4.69) is 10.3 Å². The second-order valence-electron chi connectivity index (χ2n) is 5.51. The monoisotopic (exact) mass is 345 g/mol. The highest BCUT2D eigenvalue weighted by Crippen LogP contribution is 2.14. The van der Waals surface area contributed by atoms with Gasteiger partial charge < -0.3 is 15.0 Å². The SMILES string of the molecule is O=C(NCCc1nccs1)[C@@H]1COCC(=O)N1Cc1ccccc1. The first-order valence-electron chi connectivity index (χ1n) is 7.81. The lowest BCUT2D eigenvalue weighted by Crippen LogP contribution is -2.56. The van der Waals surface area contributed by atoms with Crippen molar-refractivity contribution in [3.8, 4) is 0 Å². The molecule has 0 bridgehead atoms. The van der Waals surface area contributed by atoms with Crippen molar-refractivity contribution in [1.82, 2.24) is 15.2 Å². The van der Waals surface area contributed by atoms with Gasteiger partial charge in [-0.3, -0.25) is 9.59 Å². The van der Waals surface area contributed by atoms with Gasteiger partial charge in [0.2, 0.25) is 11.8 Å². The van der Waals surface area contributed by atoms with E-state index in [0.29, 0.717) is 19.5 Å². The Morgan fingerprint density at radius 2 is 2.21 bits per heavy atom. The van der Waals surface area contributed by atoms with E-state index in [0.717, 1.165) is 10.6 Å². The molecule has 0 saturated carbocycles. The van der Waals surface area contributed by atoms with Crippen LogP contribution in [0.25, 0.3) is 0 Å². The van der Waals surface area contributed by atoms with Crippen LogP contribution in [0.15, 0.2) is 41.9 Å². The van der Waals surface area contributed by atoms with Crippen LogP contribution in [-0.2, 0) is 27.3 Å². The van der Waals surface area contributed by atoms with Crippen molar-refractivity contribution in [3.05, 3.63) is 52.5 Å². The first-order valence-corrected chi connectivity index (χ1v) is 8.69. The minimum Gasteiger partial charge on any atom is -0.369 e. The highest BCUT2D eigenvalue weighted by Gasteiger charge is 2.33. The Morgan fingerprint density at radius 3 is 2.96 bits per heavy atom. The van der Waals surface area contributed by atoms with Gasteiger partial charge >= 0.3 is 0 Å². The van der Waals surface area contributed by atoms with E-state index in [1.807, 2.05) is 35.7 Å². The van der Waals surface area contributed by atoms with Gasteiger partial charge in [-0.2, -0.15) is 0 Å². The molecule has 2 amide bonds. The van der Waals surface area contributed by atoms with E-state index in [9.17, 15) is 9.59 Å². The average molecular weight is 345 g/mol. The van der Waals surface area contributed by atoms with Crippen LogP contribution < -0.4 is 5.32 Å². The lowest BCUT2D eigenvalue weighted by molar-refractivity contribution is -0.155. The van der Waals surface area contributed by atoms with Crippen LogP contribution in [-0.4, -0.2) is 47.5 Å². The minimum atomic E-state index is -0.595. The molecule has 3 rings (SSSR count). The fraction of sp³-hybridized carbons (Fsp3) is 0.353. The summed E-state index contributed by atoms with van der Waals surface area (Å²) in [6.07, 6.45) is 2.43. The molecule has 7 heteroatoms. The van der Waals surface area contributed by atoms with E-state index < -0.39 is 6.04 Å². The normalized spacial score (nSPS) is 17.8. The largest absolute Gasteiger partial charge is 0.369 e. The molecule has 6 nitrogen and oxygen atoms in total. The molecule has 0 aliphatic carbocycles. The molecule has 1 fully saturated rings. The van der Waals surface area contributed by atoms with Crippen molar-refractivity contribution in [2.24, 2.45) is 0 Å². The highest BCUT2D eigenvalue weighted by molar-refractivity contribution is 7.09. The van der Waals surface area contributed by atoms with E-state index in [-0.39, 0.29) is 25.0 Å². The first-order chi connectivity index (χ1) is 11.7. The van der Waals surface area contributed by atoms with Gasteiger partial charge in [-0.25, -0.2) is 4.98 Å². The molecule has 2 heterocycles. The number of amides is 2. The van der Waals surface area contributed by atoms with E-state index in [4.69, 9.17) is 4.74 Å². The Balaban J connectivity index is 1.60. The van der Waals surface area contributed by atoms with Crippen LogP contribution in [0.4, 0.5) is 0 Å². The van der Waals surface area contributed by atoms with Crippen LogP contribution in [0.1, 0.15) is 10.6 Å². The van der Waals surface area contributed by atoms with Crippen molar-refractivity contribution < 1.29 is 14.3 Å². The number of thiazole rings is 1. The molecule has 0 spiro atoms. The maximum absolute atomic E-state index is 12.5. The van der Waals surface area contributed by atoms with Crippen molar-refractivity contribution in [1.29, 1.82) is 0 Å². The van der Waals surface area contributed by atoms with Crippen molar-refractivity contribution in [2.45, 2.75) is 19.0 Å². The molecule has 1 aromatic heterocycles. The fourth-order valence-electron chi connectivity index (χ4n) is 2.59. The molecule has 1 aliphatic rings.